The highest BCUT2D eigenvalue weighted by Gasteiger charge is 2.11. The molecule has 1 heterocycles. The number of hydrogen-bond donors (Lipinski definition) is 2. The minimum atomic E-state index is -0.0378. The molecule has 0 aromatic heterocycles. The highest BCUT2D eigenvalue weighted by molar-refractivity contribution is 6.31. The number of nitrogens with one attached hydrogen (secondary N) is 1. The summed E-state index contributed by atoms with van der Waals surface area (Å²) in [5, 5.41) is 3.37. The van der Waals surface area contributed by atoms with Gasteiger partial charge in [-0.1, -0.05) is 11.6 Å². The van der Waals surface area contributed by atoms with Crippen LogP contribution in [0.3, 0.4) is 0 Å². The van der Waals surface area contributed by atoms with E-state index in [4.69, 9.17) is 22.1 Å². The van der Waals surface area contributed by atoms with Gasteiger partial charge in [-0.05, 0) is 24.6 Å². The largest absolute Gasteiger partial charge is 0.397 e. The monoisotopic (exact) mass is 297 g/mol. The second-order valence-electron chi connectivity index (χ2n) is 4.84. The van der Waals surface area contributed by atoms with E-state index in [9.17, 15) is 4.79 Å². The third-order valence-corrected chi connectivity index (χ3v) is 3.49. The van der Waals surface area contributed by atoms with Crippen molar-refractivity contribution in [1.29, 1.82) is 0 Å². The van der Waals surface area contributed by atoms with Crippen molar-refractivity contribution in [2.75, 3.05) is 43.9 Å². The molecule has 0 saturated carbocycles. The molecule has 1 amide bonds. The zero-order valence-corrected chi connectivity index (χ0v) is 12.2. The molecule has 5 nitrogen and oxygen atoms in total. The first-order valence-electron chi connectivity index (χ1n) is 6.80. The Bertz CT molecular complexity index is 460. The minimum absolute atomic E-state index is 0.0378. The molecule has 1 aromatic rings. The van der Waals surface area contributed by atoms with Crippen molar-refractivity contribution in [2.45, 2.75) is 12.8 Å². The van der Waals surface area contributed by atoms with Crippen LogP contribution in [0.5, 0.6) is 0 Å². The SMILES string of the molecule is Nc1cc(Cl)ccc1NC(=O)CCN1CCCOCC1. The van der Waals surface area contributed by atoms with Crippen LogP contribution in [0.1, 0.15) is 12.8 Å². The number of hydrogen-bond acceptors (Lipinski definition) is 4. The Hall–Kier alpha value is -1.30. The molecular weight excluding hydrogens is 278 g/mol. The third-order valence-electron chi connectivity index (χ3n) is 3.26. The predicted molar refractivity (Wildman–Crippen MR) is 81.0 cm³/mol. The Labute approximate surface area is 124 Å². The van der Waals surface area contributed by atoms with E-state index >= 15 is 0 Å². The van der Waals surface area contributed by atoms with E-state index in [-0.39, 0.29) is 5.91 Å². The predicted octanol–water partition coefficient (Wildman–Crippen LogP) is 1.97. The molecule has 0 spiro atoms. The lowest BCUT2D eigenvalue weighted by atomic mass is 10.2. The van der Waals surface area contributed by atoms with Gasteiger partial charge in [0, 0.05) is 37.7 Å². The van der Waals surface area contributed by atoms with Crippen LogP contribution in [0.25, 0.3) is 0 Å². The Morgan fingerprint density at radius 1 is 1.40 bits per heavy atom. The van der Waals surface area contributed by atoms with Gasteiger partial charge in [-0.25, -0.2) is 0 Å². The van der Waals surface area contributed by atoms with Crippen LogP contribution in [-0.2, 0) is 9.53 Å². The molecule has 1 saturated heterocycles. The molecule has 1 aromatic carbocycles. The fraction of sp³-hybridized carbons (Fsp3) is 0.500. The highest BCUT2D eigenvalue weighted by Crippen LogP contribution is 2.22. The van der Waals surface area contributed by atoms with Crippen molar-refractivity contribution in [3.63, 3.8) is 0 Å². The number of rotatable bonds is 4. The normalized spacial score (nSPS) is 16.6. The molecule has 0 unspecified atom stereocenters. The Balaban J connectivity index is 1.79. The second kappa shape index (κ2) is 7.47. The van der Waals surface area contributed by atoms with Crippen LogP contribution in [0.15, 0.2) is 18.2 Å². The van der Waals surface area contributed by atoms with Gasteiger partial charge in [0.25, 0.3) is 0 Å². The molecule has 1 aliphatic rings. The van der Waals surface area contributed by atoms with Crippen molar-refractivity contribution in [1.82, 2.24) is 4.90 Å². The summed E-state index contributed by atoms with van der Waals surface area (Å²) >= 11 is 5.82. The smallest absolute Gasteiger partial charge is 0.225 e. The summed E-state index contributed by atoms with van der Waals surface area (Å²) in [6, 6.07) is 5.05. The molecule has 6 heteroatoms. The maximum absolute atomic E-state index is 11.9. The quantitative estimate of drug-likeness (QED) is 0.834. The van der Waals surface area contributed by atoms with Crippen LogP contribution in [0, 0.1) is 0 Å². The van der Waals surface area contributed by atoms with Crippen LogP contribution in [-0.4, -0.2) is 43.7 Å². The summed E-state index contributed by atoms with van der Waals surface area (Å²) in [6.45, 7) is 4.16. The van der Waals surface area contributed by atoms with Crippen LogP contribution in [0.4, 0.5) is 11.4 Å². The van der Waals surface area contributed by atoms with E-state index in [0.717, 1.165) is 39.3 Å². The highest BCUT2D eigenvalue weighted by atomic mass is 35.5. The van der Waals surface area contributed by atoms with Gasteiger partial charge >= 0.3 is 0 Å². The summed E-state index contributed by atoms with van der Waals surface area (Å²) in [6.07, 6.45) is 1.47. The number of nitrogens with two attached hydrogens (primary N) is 1. The molecule has 0 radical (unpaired) electrons. The molecule has 0 bridgehead atoms. The molecule has 2 rings (SSSR count). The van der Waals surface area contributed by atoms with Crippen molar-refractivity contribution in [3.8, 4) is 0 Å². The van der Waals surface area contributed by atoms with E-state index < -0.39 is 0 Å². The number of anilines is 2. The van der Waals surface area contributed by atoms with E-state index in [1.165, 1.54) is 0 Å². The Morgan fingerprint density at radius 2 is 2.25 bits per heavy atom. The van der Waals surface area contributed by atoms with Crippen molar-refractivity contribution >= 4 is 28.9 Å². The number of nitrogens with zero attached hydrogens (tertiary/aromatic N) is 1. The van der Waals surface area contributed by atoms with Crippen molar-refractivity contribution in [3.05, 3.63) is 23.2 Å². The number of carbonyl (C=O) groups is 1. The molecular formula is C14H20ClN3O2. The number of amides is 1. The van der Waals surface area contributed by atoms with Gasteiger partial charge in [-0.15, -0.1) is 0 Å². The third kappa shape index (κ3) is 4.67. The first kappa shape index (κ1) is 15.1. The van der Waals surface area contributed by atoms with Gasteiger partial charge in [0.15, 0.2) is 0 Å². The molecule has 110 valence electrons. The lowest BCUT2D eigenvalue weighted by Gasteiger charge is -2.18. The average Bonchev–Trinajstić information content (AvgIpc) is 2.68. The minimum Gasteiger partial charge on any atom is -0.397 e. The zero-order chi connectivity index (χ0) is 14.4. The first-order chi connectivity index (χ1) is 9.65. The molecule has 3 N–H and O–H groups in total. The number of halogens is 1. The van der Waals surface area contributed by atoms with Gasteiger partial charge in [-0.3, -0.25) is 4.79 Å². The molecule has 1 fully saturated rings. The molecule has 20 heavy (non-hydrogen) atoms. The molecule has 0 aliphatic carbocycles. The summed E-state index contributed by atoms with van der Waals surface area (Å²) in [5.74, 6) is -0.0378. The van der Waals surface area contributed by atoms with Crippen molar-refractivity contribution < 1.29 is 9.53 Å². The number of carbonyl (C=O) groups excluding carboxylic acids is 1. The van der Waals surface area contributed by atoms with Gasteiger partial charge in [0.2, 0.25) is 5.91 Å². The first-order valence-corrected chi connectivity index (χ1v) is 7.18. The van der Waals surface area contributed by atoms with Crippen LogP contribution in [0.2, 0.25) is 5.02 Å². The summed E-state index contributed by atoms with van der Waals surface area (Å²) in [7, 11) is 0. The van der Waals surface area contributed by atoms with Gasteiger partial charge in [-0.2, -0.15) is 0 Å². The lowest BCUT2D eigenvalue weighted by Crippen LogP contribution is -2.30. The number of nitrogen functional groups attached to an aromatic ring is 1. The van der Waals surface area contributed by atoms with Gasteiger partial charge < -0.3 is 20.7 Å². The lowest BCUT2D eigenvalue weighted by molar-refractivity contribution is -0.116. The van der Waals surface area contributed by atoms with Gasteiger partial charge in [0.05, 0.1) is 18.0 Å². The zero-order valence-electron chi connectivity index (χ0n) is 11.4. The molecule has 1 aliphatic heterocycles. The molecule has 0 atom stereocenters. The summed E-state index contributed by atoms with van der Waals surface area (Å²) in [5.41, 5.74) is 6.89. The maximum Gasteiger partial charge on any atom is 0.225 e. The van der Waals surface area contributed by atoms with Crippen LogP contribution < -0.4 is 11.1 Å². The van der Waals surface area contributed by atoms with Gasteiger partial charge in [0.1, 0.15) is 0 Å². The topological polar surface area (TPSA) is 67.6 Å². The van der Waals surface area contributed by atoms with Crippen molar-refractivity contribution in [2.24, 2.45) is 0 Å². The Kier molecular flexibility index (Phi) is 5.64. The fourth-order valence-corrected chi connectivity index (χ4v) is 2.32. The number of ether oxygens (including phenoxy) is 1. The van der Waals surface area contributed by atoms with E-state index in [1.807, 2.05) is 0 Å². The Morgan fingerprint density at radius 3 is 3.05 bits per heavy atom. The number of benzene rings is 1. The second-order valence-corrected chi connectivity index (χ2v) is 5.27. The van der Waals surface area contributed by atoms with E-state index in [2.05, 4.69) is 10.2 Å². The maximum atomic E-state index is 11.9. The summed E-state index contributed by atoms with van der Waals surface area (Å²) in [4.78, 5) is 14.2. The average molecular weight is 298 g/mol. The van der Waals surface area contributed by atoms with Crippen LogP contribution >= 0.6 is 11.6 Å². The fourth-order valence-electron chi connectivity index (χ4n) is 2.14. The summed E-state index contributed by atoms with van der Waals surface area (Å²) < 4.78 is 5.38. The standard InChI is InChI=1S/C14H20ClN3O2/c15-11-2-3-13(12(16)10-11)17-14(19)4-6-18-5-1-8-20-9-7-18/h2-3,10H,1,4-9,16H2,(H,17,19). The van der Waals surface area contributed by atoms with E-state index in [1.54, 1.807) is 18.2 Å². The van der Waals surface area contributed by atoms with E-state index in [0.29, 0.717) is 22.8 Å².